The summed E-state index contributed by atoms with van der Waals surface area (Å²) in [6, 6.07) is 103. The minimum Gasteiger partial charge on any atom is -0.454 e. The molecule has 0 radical (unpaired) electrons. The number of hydrogen-bond acceptors (Lipinski definition) is 6. The lowest BCUT2D eigenvalue weighted by atomic mass is 10.1. The maximum atomic E-state index is 7.52. The van der Waals surface area contributed by atoms with Gasteiger partial charge in [-0.2, -0.15) is 0 Å². The highest BCUT2D eigenvalue weighted by molar-refractivity contribution is 6.74. The Labute approximate surface area is 466 Å². The van der Waals surface area contributed by atoms with Gasteiger partial charge >= 0.3 is 0 Å². The van der Waals surface area contributed by atoms with Crippen LogP contribution in [0.4, 0.5) is 0 Å². The highest BCUT2D eigenvalue weighted by Gasteiger charge is 2.42. The lowest BCUT2D eigenvalue weighted by molar-refractivity contribution is 0.309. The summed E-state index contributed by atoms with van der Waals surface area (Å²) in [5, 5.41) is 16.1. The maximum absolute atomic E-state index is 7.52. The van der Waals surface area contributed by atoms with Crippen LogP contribution in [0.2, 0.25) is 0 Å². The Kier molecular flexibility index (Phi) is 19.6. The van der Waals surface area contributed by atoms with Crippen LogP contribution in [-0.2, 0) is 68.0 Å². The topological polar surface area (TPSA) is 64.8 Å². The van der Waals surface area contributed by atoms with E-state index in [-0.39, 0.29) is 0 Å². The van der Waals surface area contributed by atoms with Crippen LogP contribution >= 0.6 is 0 Å². The SMILES string of the molecule is CCC(=NO[Si](Cc1ccccc1)(Cc1ccccc1)Cc1ccccc1)C(=NO[Si](Cc1ccccc1)(Cc1ccccc1)Cc1ccccc1)C(C)=NO[Si](Cc1ccccc1)(Cc1ccccc1)Cc1ccccc1. The van der Waals surface area contributed by atoms with E-state index in [0.29, 0.717) is 23.6 Å². The van der Waals surface area contributed by atoms with Gasteiger partial charge in [0.1, 0.15) is 11.4 Å². The Balaban J connectivity index is 1.21. The summed E-state index contributed by atoms with van der Waals surface area (Å²) in [5.74, 6) is 0. The van der Waals surface area contributed by atoms with E-state index in [1.807, 2.05) is 6.92 Å². The summed E-state index contributed by atoms with van der Waals surface area (Å²) >= 11 is 0. The summed E-state index contributed by atoms with van der Waals surface area (Å²) < 4.78 is 22.4. The average molecular weight is 1070 g/mol. The first-order valence-corrected chi connectivity index (χ1v) is 35.0. The van der Waals surface area contributed by atoms with Crippen molar-refractivity contribution in [2.45, 2.75) is 74.7 Å². The van der Waals surface area contributed by atoms with E-state index in [1.165, 1.54) is 50.1 Å². The Morgan fingerprint density at radius 2 is 0.449 bits per heavy atom. The van der Waals surface area contributed by atoms with Crippen LogP contribution in [-0.4, -0.2) is 42.1 Å². The van der Waals surface area contributed by atoms with Gasteiger partial charge in [-0.3, -0.25) is 0 Å². The van der Waals surface area contributed by atoms with E-state index < -0.39 is 25.0 Å². The van der Waals surface area contributed by atoms with Gasteiger partial charge in [-0.25, -0.2) is 0 Å². The van der Waals surface area contributed by atoms with E-state index in [4.69, 9.17) is 29.0 Å². The molecule has 0 bridgehead atoms. The number of nitrogens with zero attached hydrogens (tertiary/aromatic N) is 3. The lowest BCUT2D eigenvalue weighted by Crippen LogP contribution is -2.47. The van der Waals surface area contributed by atoms with E-state index in [9.17, 15) is 0 Å². The van der Waals surface area contributed by atoms with Crippen LogP contribution in [0.25, 0.3) is 0 Å². The largest absolute Gasteiger partial charge is 0.454 e. The second-order valence-corrected chi connectivity index (χ2v) is 31.6. The lowest BCUT2D eigenvalue weighted by Gasteiger charge is -2.31. The van der Waals surface area contributed by atoms with Crippen LogP contribution in [0, 0.1) is 0 Å². The van der Waals surface area contributed by atoms with Gasteiger partial charge in [0.2, 0.25) is 0 Å². The Bertz CT molecular complexity index is 2960. The molecule has 0 N–H and O–H groups in total. The van der Waals surface area contributed by atoms with Gasteiger partial charge in [0.05, 0.1) is 0 Å². The number of rotatable bonds is 27. The molecule has 392 valence electrons. The van der Waals surface area contributed by atoms with Gasteiger partial charge in [-0.05, 0) is 63.4 Å². The average Bonchev–Trinajstić information content (AvgIpc) is 3.50. The van der Waals surface area contributed by atoms with Crippen molar-refractivity contribution < 1.29 is 13.6 Å². The quantitative estimate of drug-likeness (QED) is 0.0293. The molecule has 0 aliphatic heterocycles. The molecule has 78 heavy (non-hydrogen) atoms. The standard InChI is InChI=1S/C69H71N3O3Si3/c1-3-68(71-74-77(52-62-37-19-7-20-38-62,53-63-39-21-8-22-40-63)54-64-41-23-9-24-42-64)69(72-75-78(55-65-43-25-10-26-44-65,56-66-45-27-11-28-46-66)57-67-47-29-12-30-48-67)58(2)70-73-76(49-59-31-13-4-14-32-59,50-60-33-15-5-16-34-60)51-61-35-17-6-18-36-61/h4-48H,3,49-57H2,1-2H3. The molecule has 0 unspecified atom stereocenters. The minimum atomic E-state index is -2.97. The maximum Gasteiger partial charge on any atom is 0.300 e. The molecule has 0 aliphatic rings. The summed E-state index contributed by atoms with van der Waals surface area (Å²) in [6.45, 7) is 4.14. The van der Waals surface area contributed by atoms with Gasteiger partial charge in [-0.1, -0.05) is 285 Å². The minimum absolute atomic E-state index is 0.507. The van der Waals surface area contributed by atoms with Crippen LogP contribution in [0.1, 0.15) is 70.3 Å². The number of benzene rings is 9. The van der Waals surface area contributed by atoms with Crippen molar-refractivity contribution in [2.75, 3.05) is 0 Å². The Hall–Kier alpha value is -7.96. The monoisotopic (exact) mass is 1070 g/mol. The first-order chi connectivity index (χ1) is 38.3. The van der Waals surface area contributed by atoms with Crippen molar-refractivity contribution in [1.29, 1.82) is 0 Å². The van der Waals surface area contributed by atoms with Gasteiger partial charge < -0.3 is 13.6 Å². The van der Waals surface area contributed by atoms with Gasteiger partial charge in [0, 0.05) is 54.4 Å². The molecule has 9 aromatic carbocycles. The fourth-order valence-corrected chi connectivity index (χ4v) is 22.1. The summed E-state index contributed by atoms with van der Waals surface area (Å²) in [7, 11) is -8.78. The van der Waals surface area contributed by atoms with Crippen molar-refractivity contribution in [1.82, 2.24) is 0 Å². The zero-order chi connectivity index (χ0) is 53.6. The smallest absolute Gasteiger partial charge is 0.300 e. The van der Waals surface area contributed by atoms with Crippen molar-refractivity contribution >= 4 is 42.1 Å². The molecule has 9 heteroatoms. The van der Waals surface area contributed by atoms with E-state index in [1.54, 1.807) is 0 Å². The summed E-state index contributed by atoms with van der Waals surface area (Å²) in [5.41, 5.74) is 12.8. The van der Waals surface area contributed by atoms with E-state index >= 15 is 0 Å². The molecular formula is C69H71N3O3Si3. The molecule has 9 aromatic rings. The second-order valence-electron chi connectivity index (χ2n) is 20.8. The molecular weight excluding hydrogens is 1000 g/mol. The Morgan fingerprint density at radius 1 is 0.269 bits per heavy atom. The zero-order valence-electron chi connectivity index (χ0n) is 45.1. The molecule has 0 fully saturated rings. The molecule has 0 spiro atoms. The van der Waals surface area contributed by atoms with Crippen molar-refractivity contribution in [3.8, 4) is 0 Å². The molecule has 0 atom stereocenters. The van der Waals surface area contributed by atoms with E-state index in [0.717, 1.165) is 54.4 Å². The third kappa shape index (κ3) is 16.3. The molecule has 0 amide bonds. The van der Waals surface area contributed by atoms with Crippen LogP contribution in [0.15, 0.2) is 288 Å². The van der Waals surface area contributed by atoms with Gasteiger partial charge in [0.15, 0.2) is 5.71 Å². The van der Waals surface area contributed by atoms with Crippen LogP contribution in [0.3, 0.4) is 0 Å². The van der Waals surface area contributed by atoms with E-state index in [2.05, 4.69) is 280 Å². The highest BCUT2D eigenvalue weighted by atomic mass is 28.4. The van der Waals surface area contributed by atoms with Crippen LogP contribution < -0.4 is 0 Å². The molecule has 0 aromatic heterocycles. The molecule has 0 saturated heterocycles. The molecule has 0 heterocycles. The normalized spacial score (nSPS) is 12.5. The molecule has 0 aliphatic carbocycles. The second kappa shape index (κ2) is 27.9. The molecule has 9 rings (SSSR count). The molecule has 0 saturated carbocycles. The fourth-order valence-electron chi connectivity index (χ4n) is 10.7. The van der Waals surface area contributed by atoms with Gasteiger partial charge in [0.25, 0.3) is 25.0 Å². The van der Waals surface area contributed by atoms with Crippen molar-refractivity contribution in [2.24, 2.45) is 15.5 Å². The first-order valence-electron chi connectivity index (χ1n) is 27.5. The first kappa shape index (κ1) is 54.8. The van der Waals surface area contributed by atoms with Crippen molar-refractivity contribution in [3.05, 3.63) is 323 Å². The predicted molar refractivity (Wildman–Crippen MR) is 330 cm³/mol. The fraction of sp³-hybridized carbons (Fsp3) is 0.174. The third-order valence-corrected chi connectivity index (χ3v) is 25.2. The van der Waals surface area contributed by atoms with Crippen LogP contribution in [0.5, 0.6) is 0 Å². The zero-order valence-corrected chi connectivity index (χ0v) is 48.1. The predicted octanol–water partition coefficient (Wildman–Crippen LogP) is 15.4. The Morgan fingerprint density at radius 3 is 0.641 bits per heavy atom. The highest BCUT2D eigenvalue weighted by Crippen LogP contribution is 2.29. The number of oxime groups is 3. The summed E-state index contributed by atoms with van der Waals surface area (Å²) in [6.07, 6.45) is 0.507. The number of hydrogen-bond donors (Lipinski definition) is 0. The third-order valence-electron chi connectivity index (χ3n) is 14.3. The summed E-state index contributed by atoms with van der Waals surface area (Å²) in [4.78, 5) is 0. The van der Waals surface area contributed by atoms with Crippen molar-refractivity contribution in [3.63, 3.8) is 0 Å². The van der Waals surface area contributed by atoms with Gasteiger partial charge in [-0.15, -0.1) is 10.3 Å². The molecule has 6 nitrogen and oxygen atoms in total.